The van der Waals surface area contributed by atoms with Crippen LogP contribution in [0.5, 0.6) is 0 Å². The SMILES string of the molecule is C=CC1C[C@@]12N=C([C@@H]1C[C@@](OC)(c3ccc(-c4ccccc4)cc3)CN1C(=O)[C@@H](NC(=O)OC1CCCC1)C(C)(C)C)OC2=O. The molecule has 6 rings (SSSR count). The fraction of sp³-hybridized carbons (Fsp3) is 0.500. The van der Waals surface area contributed by atoms with Gasteiger partial charge in [-0.1, -0.05) is 81.4 Å². The van der Waals surface area contributed by atoms with Crippen LogP contribution in [0, 0.1) is 11.3 Å². The molecule has 1 saturated heterocycles. The molecule has 4 aliphatic rings. The van der Waals surface area contributed by atoms with Crippen LogP contribution in [0.1, 0.15) is 64.9 Å². The summed E-state index contributed by atoms with van der Waals surface area (Å²) in [5.74, 6) is -0.618. The third kappa shape index (κ3) is 5.78. The highest BCUT2D eigenvalue weighted by atomic mass is 16.6. The lowest BCUT2D eigenvalue weighted by atomic mass is 9.85. The van der Waals surface area contributed by atoms with E-state index in [1.807, 2.05) is 63.2 Å². The molecule has 238 valence electrons. The molecule has 45 heavy (non-hydrogen) atoms. The van der Waals surface area contributed by atoms with Gasteiger partial charge in [0.2, 0.25) is 11.8 Å². The van der Waals surface area contributed by atoms with Crippen molar-refractivity contribution in [2.75, 3.05) is 13.7 Å². The summed E-state index contributed by atoms with van der Waals surface area (Å²) in [6, 6.07) is 16.6. The van der Waals surface area contributed by atoms with Gasteiger partial charge in [-0.15, -0.1) is 6.58 Å². The number of ether oxygens (including phenoxy) is 3. The predicted octanol–water partition coefficient (Wildman–Crippen LogP) is 5.78. The molecular formula is C36H43N3O6. The molecule has 2 aliphatic carbocycles. The quantitative estimate of drug-likeness (QED) is 0.299. The number of esters is 1. The van der Waals surface area contributed by atoms with E-state index in [4.69, 9.17) is 19.2 Å². The number of hydrogen-bond acceptors (Lipinski definition) is 7. The Morgan fingerprint density at radius 2 is 1.73 bits per heavy atom. The van der Waals surface area contributed by atoms with Gasteiger partial charge < -0.3 is 24.4 Å². The monoisotopic (exact) mass is 613 g/mol. The average Bonchev–Trinajstić information content (AvgIpc) is 3.33. The normalized spacial score (nSPS) is 28.5. The van der Waals surface area contributed by atoms with Crippen LogP contribution in [0.25, 0.3) is 11.1 Å². The lowest BCUT2D eigenvalue weighted by Gasteiger charge is -2.35. The number of carbonyl (C=O) groups is 3. The molecule has 3 fully saturated rings. The molecule has 2 saturated carbocycles. The van der Waals surface area contributed by atoms with Crippen molar-refractivity contribution < 1.29 is 28.6 Å². The number of rotatable bonds is 8. The lowest BCUT2D eigenvalue weighted by molar-refractivity contribution is -0.139. The number of alkyl carbamates (subject to hydrolysis) is 1. The van der Waals surface area contributed by atoms with Gasteiger partial charge in [-0.05, 0) is 54.2 Å². The maximum atomic E-state index is 14.6. The molecule has 2 aromatic carbocycles. The predicted molar refractivity (Wildman–Crippen MR) is 170 cm³/mol. The van der Waals surface area contributed by atoms with E-state index in [1.54, 1.807) is 18.1 Å². The number of amides is 2. The van der Waals surface area contributed by atoms with E-state index < -0.39 is 40.7 Å². The number of cyclic esters (lactones) is 1. The average molecular weight is 614 g/mol. The molecule has 9 nitrogen and oxygen atoms in total. The van der Waals surface area contributed by atoms with Gasteiger partial charge in [-0.3, -0.25) is 4.79 Å². The Hall–Kier alpha value is -3.98. The van der Waals surface area contributed by atoms with Crippen molar-refractivity contribution in [1.29, 1.82) is 0 Å². The van der Waals surface area contributed by atoms with Crippen LogP contribution in [0.4, 0.5) is 4.79 Å². The fourth-order valence-electron chi connectivity index (χ4n) is 7.03. The van der Waals surface area contributed by atoms with Crippen LogP contribution in [-0.4, -0.2) is 66.1 Å². The van der Waals surface area contributed by atoms with E-state index in [9.17, 15) is 14.4 Å². The molecule has 1 unspecified atom stereocenters. The van der Waals surface area contributed by atoms with Crippen molar-refractivity contribution in [3.63, 3.8) is 0 Å². The van der Waals surface area contributed by atoms with Gasteiger partial charge in [0, 0.05) is 19.4 Å². The first-order chi connectivity index (χ1) is 21.5. The Balaban J connectivity index is 1.33. The van der Waals surface area contributed by atoms with Crippen molar-refractivity contribution in [3.05, 3.63) is 72.8 Å². The third-order valence-electron chi connectivity index (χ3n) is 9.88. The molecule has 5 atom stereocenters. The maximum Gasteiger partial charge on any atom is 0.408 e. The van der Waals surface area contributed by atoms with Crippen LogP contribution in [-0.2, 0) is 29.4 Å². The summed E-state index contributed by atoms with van der Waals surface area (Å²) in [7, 11) is 1.63. The molecule has 2 heterocycles. The number of nitrogens with one attached hydrogen (secondary N) is 1. The maximum absolute atomic E-state index is 14.6. The minimum absolute atomic E-state index is 0.0971. The van der Waals surface area contributed by atoms with Crippen molar-refractivity contribution in [1.82, 2.24) is 10.2 Å². The van der Waals surface area contributed by atoms with Gasteiger partial charge >= 0.3 is 12.1 Å². The largest absolute Gasteiger partial charge is 0.446 e. The van der Waals surface area contributed by atoms with Crippen molar-refractivity contribution in [2.45, 2.75) is 88.6 Å². The van der Waals surface area contributed by atoms with Gasteiger partial charge in [-0.2, -0.15) is 0 Å². The molecule has 2 amide bonds. The molecule has 9 heteroatoms. The summed E-state index contributed by atoms with van der Waals surface area (Å²) < 4.78 is 17.8. The molecule has 0 bridgehead atoms. The molecule has 0 aromatic heterocycles. The number of aliphatic imine (C=N–C) groups is 1. The second-order valence-electron chi connectivity index (χ2n) is 13.9. The van der Waals surface area contributed by atoms with Gasteiger partial charge in [0.1, 0.15) is 23.8 Å². The highest BCUT2D eigenvalue weighted by molar-refractivity contribution is 6.06. The minimum atomic E-state index is -0.964. The third-order valence-corrected chi connectivity index (χ3v) is 9.88. The standard InChI is InChI=1S/C36H43N3O6/c1-6-25-20-36(25)32(41)45-30(38-36)28-21-35(43-5,26-18-16-24(17-19-26)23-12-8-7-9-13-23)22-39(28)31(40)29(34(2,3)4)37-33(42)44-27-14-10-11-15-27/h6-9,12-13,16-19,25,27-29H,1,10-11,14-15,20-22H2,2-5H3,(H,37,42)/t25?,28-,29+,35-,36+/m0/s1. The van der Waals surface area contributed by atoms with E-state index in [1.165, 1.54) is 0 Å². The van der Waals surface area contributed by atoms with Gasteiger partial charge in [0.25, 0.3) is 0 Å². The van der Waals surface area contributed by atoms with Crippen LogP contribution < -0.4 is 5.32 Å². The molecule has 2 aromatic rings. The zero-order valence-corrected chi connectivity index (χ0v) is 26.6. The second-order valence-corrected chi connectivity index (χ2v) is 13.9. The summed E-state index contributed by atoms with van der Waals surface area (Å²) in [5.41, 5.74) is 0.528. The summed E-state index contributed by atoms with van der Waals surface area (Å²) in [5, 5.41) is 2.88. The molecule has 2 aliphatic heterocycles. The first-order valence-electron chi connectivity index (χ1n) is 15.9. The van der Waals surface area contributed by atoms with Gasteiger partial charge in [0.05, 0.1) is 6.54 Å². The smallest absolute Gasteiger partial charge is 0.408 e. The van der Waals surface area contributed by atoms with Gasteiger partial charge in [-0.25, -0.2) is 14.6 Å². The molecule has 0 radical (unpaired) electrons. The molecular weight excluding hydrogens is 570 g/mol. The Morgan fingerprint density at radius 1 is 1.07 bits per heavy atom. The van der Waals surface area contributed by atoms with Gasteiger partial charge in [0.15, 0.2) is 5.54 Å². The number of hydrogen-bond donors (Lipinski definition) is 1. The first kappa shape index (κ1) is 31.0. The number of nitrogens with zero attached hydrogens (tertiary/aromatic N) is 2. The summed E-state index contributed by atoms with van der Waals surface area (Å²) in [6.45, 7) is 9.74. The topological polar surface area (TPSA) is 107 Å². The van der Waals surface area contributed by atoms with E-state index in [0.29, 0.717) is 12.8 Å². The Morgan fingerprint density at radius 3 is 2.33 bits per heavy atom. The first-order valence-corrected chi connectivity index (χ1v) is 15.9. The molecule has 1 N–H and O–H groups in total. The van der Waals surface area contributed by atoms with Crippen molar-refractivity contribution >= 4 is 23.9 Å². The highest BCUT2D eigenvalue weighted by Crippen LogP contribution is 2.53. The Bertz CT molecular complexity index is 1490. The second kappa shape index (κ2) is 11.7. The van der Waals surface area contributed by atoms with Crippen LogP contribution in [0.3, 0.4) is 0 Å². The number of methoxy groups -OCH3 is 1. The van der Waals surface area contributed by atoms with E-state index in [0.717, 1.165) is 42.4 Å². The number of benzene rings is 2. The van der Waals surface area contributed by atoms with Crippen LogP contribution >= 0.6 is 0 Å². The Kier molecular flexibility index (Phi) is 8.10. The minimum Gasteiger partial charge on any atom is -0.446 e. The van der Waals surface area contributed by atoms with Crippen molar-refractivity contribution in [3.8, 4) is 11.1 Å². The highest BCUT2D eigenvalue weighted by Gasteiger charge is 2.65. The lowest BCUT2D eigenvalue weighted by Crippen LogP contribution is -2.57. The van der Waals surface area contributed by atoms with Crippen LogP contribution in [0.2, 0.25) is 0 Å². The van der Waals surface area contributed by atoms with Crippen LogP contribution in [0.15, 0.2) is 72.2 Å². The summed E-state index contributed by atoms with van der Waals surface area (Å²) in [6.07, 6.45) is 5.55. The van der Waals surface area contributed by atoms with E-state index in [2.05, 4.69) is 24.0 Å². The van der Waals surface area contributed by atoms with Crippen molar-refractivity contribution in [2.24, 2.45) is 16.3 Å². The molecule has 1 spiro atoms. The zero-order chi connectivity index (χ0) is 32.0. The zero-order valence-electron chi connectivity index (χ0n) is 26.6. The summed E-state index contributed by atoms with van der Waals surface area (Å²) in [4.78, 5) is 47.1. The van der Waals surface area contributed by atoms with E-state index in [-0.39, 0.29) is 30.4 Å². The Labute approximate surface area is 265 Å². The van der Waals surface area contributed by atoms with E-state index >= 15 is 0 Å². The number of likely N-dealkylation sites (tertiary alicyclic amines) is 1. The summed E-state index contributed by atoms with van der Waals surface area (Å²) >= 11 is 0. The fourth-order valence-corrected chi connectivity index (χ4v) is 7.03. The number of carbonyl (C=O) groups excluding carboxylic acids is 3.